The molecule has 15 heavy (non-hydrogen) atoms. The zero-order chi connectivity index (χ0) is 10.8. The van der Waals surface area contributed by atoms with Gasteiger partial charge in [-0.2, -0.15) is 0 Å². The number of hydrogen-bond acceptors (Lipinski definition) is 1. The Labute approximate surface area is 92.7 Å². The number of nitrogens with two attached hydrogens (primary N) is 1. The van der Waals surface area contributed by atoms with Crippen molar-refractivity contribution in [3.8, 4) is 0 Å². The molecule has 1 aliphatic rings. The lowest BCUT2D eigenvalue weighted by Gasteiger charge is -2.16. The average molecular weight is 203 g/mol. The van der Waals surface area contributed by atoms with Crippen LogP contribution in [-0.2, 0) is 0 Å². The van der Waals surface area contributed by atoms with Gasteiger partial charge in [0.15, 0.2) is 0 Å². The molecule has 1 saturated carbocycles. The highest BCUT2D eigenvalue weighted by Gasteiger charge is 2.25. The zero-order valence-corrected chi connectivity index (χ0v) is 9.74. The molecular weight excluding hydrogens is 182 g/mol. The van der Waals surface area contributed by atoms with Crippen molar-refractivity contribution in [2.45, 2.75) is 51.0 Å². The first-order valence-electron chi connectivity index (χ1n) is 6.04. The monoisotopic (exact) mass is 203 g/mol. The summed E-state index contributed by atoms with van der Waals surface area (Å²) in [4.78, 5) is 0. The number of benzene rings is 1. The summed E-state index contributed by atoms with van der Waals surface area (Å²) in [5.74, 6) is 1.22. The summed E-state index contributed by atoms with van der Waals surface area (Å²) in [5.41, 5.74) is 8.97. The first kappa shape index (κ1) is 10.7. The van der Waals surface area contributed by atoms with Gasteiger partial charge in [-0.1, -0.05) is 44.5 Å². The van der Waals surface area contributed by atoms with E-state index in [2.05, 4.69) is 38.1 Å². The Morgan fingerprint density at radius 1 is 1.13 bits per heavy atom. The van der Waals surface area contributed by atoms with Crippen LogP contribution in [0.5, 0.6) is 0 Å². The largest absolute Gasteiger partial charge is 0.327 e. The van der Waals surface area contributed by atoms with Gasteiger partial charge in [-0.25, -0.2) is 0 Å². The minimum absolute atomic E-state index is 0.384. The molecule has 2 N–H and O–H groups in total. The third-order valence-corrected chi connectivity index (χ3v) is 3.60. The van der Waals surface area contributed by atoms with Crippen molar-refractivity contribution >= 4 is 0 Å². The van der Waals surface area contributed by atoms with Gasteiger partial charge < -0.3 is 5.73 Å². The molecule has 0 aliphatic heterocycles. The number of rotatable bonds is 2. The molecule has 2 rings (SSSR count). The number of hydrogen-bond donors (Lipinski definition) is 1. The lowest BCUT2D eigenvalue weighted by Crippen LogP contribution is -2.22. The van der Waals surface area contributed by atoms with Crippen LogP contribution in [0, 0.1) is 0 Å². The minimum Gasteiger partial charge on any atom is -0.327 e. The van der Waals surface area contributed by atoms with Gasteiger partial charge in [0.25, 0.3) is 0 Å². The molecule has 1 aliphatic carbocycles. The second kappa shape index (κ2) is 4.36. The molecule has 1 heteroatoms. The van der Waals surface area contributed by atoms with Gasteiger partial charge in [-0.15, -0.1) is 0 Å². The lowest BCUT2D eigenvalue weighted by molar-refractivity contribution is 0.612. The fourth-order valence-corrected chi connectivity index (χ4v) is 2.53. The first-order valence-corrected chi connectivity index (χ1v) is 6.04. The summed E-state index contributed by atoms with van der Waals surface area (Å²) in [5, 5.41) is 0. The third kappa shape index (κ3) is 2.23. The van der Waals surface area contributed by atoms with Crippen molar-refractivity contribution < 1.29 is 0 Å². The summed E-state index contributed by atoms with van der Waals surface area (Å²) in [6, 6.07) is 9.43. The Morgan fingerprint density at radius 2 is 1.80 bits per heavy atom. The zero-order valence-electron chi connectivity index (χ0n) is 9.74. The van der Waals surface area contributed by atoms with Gasteiger partial charge in [0.2, 0.25) is 0 Å². The smallest absolute Gasteiger partial charge is 0.0108 e. The maximum atomic E-state index is 6.11. The average Bonchev–Trinajstić information content (AvgIpc) is 2.65. The van der Waals surface area contributed by atoms with Crippen LogP contribution in [0.15, 0.2) is 24.3 Å². The molecule has 0 heterocycles. The van der Waals surface area contributed by atoms with E-state index in [0.717, 1.165) is 0 Å². The Bertz CT molecular complexity index is 313. The van der Waals surface area contributed by atoms with Crippen molar-refractivity contribution in [1.82, 2.24) is 0 Å². The predicted molar refractivity (Wildman–Crippen MR) is 65.1 cm³/mol. The Balaban J connectivity index is 2.16. The van der Waals surface area contributed by atoms with Crippen molar-refractivity contribution in [2.75, 3.05) is 0 Å². The summed E-state index contributed by atoms with van der Waals surface area (Å²) in [6.45, 7) is 4.46. The maximum absolute atomic E-state index is 6.11. The molecule has 0 radical (unpaired) electrons. The van der Waals surface area contributed by atoms with Crippen molar-refractivity contribution in [3.63, 3.8) is 0 Å². The van der Waals surface area contributed by atoms with Crippen LogP contribution < -0.4 is 5.73 Å². The van der Waals surface area contributed by atoms with E-state index < -0.39 is 0 Å². The van der Waals surface area contributed by atoms with Gasteiger partial charge in [-0.05, 0) is 35.8 Å². The second-order valence-corrected chi connectivity index (χ2v) is 5.02. The minimum atomic E-state index is 0.384. The highest BCUT2D eigenvalue weighted by Crippen LogP contribution is 2.33. The highest BCUT2D eigenvalue weighted by atomic mass is 14.7. The van der Waals surface area contributed by atoms with Gasteiger partial charge in [0.05, 0.1) is 0 Å². The fourth-order valence-electron chi connectivity index (χ4n) is 2.53. The Hall–Kier alpha value is -0.820. The molecular formula is C14H21N. The van der Waals surface area contributed by atoms with Gasteiger partial charge in [0.1, 0.15) is 0 Å². The Kier molecular flexibility index (Phi) is 3.11. The molecule has 1 nitrogen and oxygen atoms in total. The normalized spacial score (nSPS) is 26.1. The topological polar surface area (TPSA) is 26.0 Å². The van der Waals surface area contributed by atoms with Crippen LogP contribution in [0.1, 0.15) is 56.1 Å². The summed E-state index contributed by atoms with van der Waals surface area (Å²) >= 11 is 0. The van der Waals surface area contributed by atoms with Gasteiger partial charge >= 0.3 is 0 Å². The van der Waals surface area contributed by atoms with Crippen molar-refractivity contribution in [1.29, 1.82) is 0 Å². The van der Waals surface area contributed by atoms with E-state index in [9.17, 15) is 0 Å². The summed E-state index contributed by atoms with van der Waals surface area (Å²) in [6.07, 6.45) is 3.75. The molecule has 82 valence electrons. The van der Waals surface area contributed by atoms with E-state index in [1.54, 1.807) is 0 Å². The van der Waals surface area contributed by atoms with E-state index in [4.69, 9.17) is 5.73 Å². The van der Waals surface area contributed by atoms with E-state index >= 15 is 0 Å². The standard InChI is InChI=1S/C14H21N/c1-10(2)11-6-8-12(9-7-11)13-4-3-5-14(13)15/h6-10,13-14H,3-5,15H2,1-2H3. The molecule has 1 aromatic carbocycles. The molecule has 2 atom stereocenters. The molecule has 0 aromatic heterocycles. The van der Waals surface area contributed by atoms with Gasteiger partial charge in [-0.3, -0.25) is 0 Å². The lowest BCUT2D eigenvalue weighted by atomic mass is 9.92. The molecule has 1 aromatic rings. The predicted octanol–water partition coefficient (Wildman–Crippen LogP) is 3.40. The van der Waals surface area contributed by atoms with E-state index in [-0.39, 0.29) is 0 Å². The Morgan fingerprint density at radius 3 is 2.27 bits per heavy atom. The van der Waals surface area contributed by atoms with Crippen molar-refractivity contribution in [3.05, 3.63) is 35.4 Å². The van der Waals surface area contributed by atoms with Crippen LogP contribution in [0.25, 0.3) is 0 Å². The molecule has 0 saturated heterocycles. The SMILES string of the molecule is CC(C)c1ccc(C2CCCC2N)cc1. The van der Waals surface area contributed by atoms with E-state index in [1.165, 1.54) is 30.4 Å². The van der Waals surface area contributed by atoms with Gasteiger partial charge in [0, 0.05) is 6.04 Å². The molecule has 0 bridgehead atoms. The van der Waals surface area contributed by atoms with Crippen molar-refractivity contribution in [2.24, 2.45) is 5.73 Å². The van der Waals surface area contributed by atoms with Crippen LogP contribution in [-0.4, -0.2) is 6.04 Å². The van der Waals surface area contributed by atoms with E-state index in [0.29, 0.717) is 17.9 Å². The molecule has 2 unspecified atom stereocenters. The maximum Gasteiger partial charge on any atom is 0.0108 e. The summed E-state index contributed by atoms with van der Waals surface area (Å²) < 4.78 is 0. The van der Waals surface area contributed by atoms with Crippen LogP contribution in [0.2, 0.25) is 0 Å². The summed E-state index contributed by atoms with van der Waals surface area (Å²) in [7, 11) is 0. The second-order valence-electron chi connectivity index (χ2n) is 5.02. The van der Waals surface area contributed by atoms with Crippen LogP contribution in [0.3, 0.4) is 0 Å². The van der Waals surface area contributed by atoms with Crippen LogP contribution >= 0.6 is 0 Å². The quantitative estimate of drug-likeness (QED) is 0.783. The fraction of sp³-hybridized carbons (Fsp3) is 0.571. The van der Waals surface area contributed by atoms with E-state index in [1.807, 2.05) is 0 Å². The molecule has 1 fully saturated rings. The van der Waals surface area contributed by atoms with Crippen LogP contribution in [0.4, 0.5) is 0 Å². The molecule has 0 spiro atoms. The third-order valence-electron chi connectivity index (χ3n) is 3.60. The first-order chi connectivity index (χ1) is 7.18. The highest BCUT2D eigenvalue weighted by molar-refractivity contribution is 5.28. The molecule has 0 amide bonds.